The zero-order chi connectivity index (χ0) is 18.8. The second kappa shape index (κ2) is 7.55. The van der Waals surface area contributed by atoms with E-state index in [4.69, 9.17) is 4.52 Å². The highest BCUT2D eigenvalue weighted by molar-refractivity contribution is 6.00. The molecular formula is C21H25N3O3. The molecular weight excluding hydrogens is 342 g/mol. The van der Waals surface area contributed by atoms with Crippen LogP contribution in [-0.2, 0) is 4.79 Å². The Morgan fingerprint density at radius 2 is 2.00 bits per heavy atom. The Hall–Kier alpha value is -2.63. The summed E-state index contributed by atoms with van der Waals surface area (Å²) in [7, 11) is 0. The van der Waals surface area contributed by atoms with Crippen LogP contribution >= 0.6 is 0 Å². The molecule has 1 atom stereocenters. The lowest BCUT2D eigenvalue weighted by Gasteiger charge is -2.24. The van der Waals surface area contributed by atoms with E-state index in [1.807, 2.05) is 35.2 Å². The van der Waals surface area contributed by atoms with E-state index < -0.39 is 0 Å². The molecule has 1 aliphatic heterocycles. The van der Waals surface area contributed by atoms with Gasteiger partial charge < -0.3 is 14.7 Å². The molecule has 1 aromatic heterocycles. The van der Waals surface area contributed by atoms with Crippen LogP contribution in [0.2, 0.25) is 0 Å². The third-order valence-electron chi connectivity index (χ3n) is 5.69. The van der Waals surface area contributed by atoms with Crippen molar-refractivity contribution in [2.45, 2.75) is 45.1 Å². The van der Waals surface area contributed by atoms with E-state index in [0.29, 0.717) is 36.0 Å². The van der Waals surface area contributed by atoms with Crippen molar-refractivity contribution >= 4 is 11.8 Å². The van der Waals surface area contributed by atoms with Gasteiger partial charge in [0, 0.05) is 37.0 Å². The lowest BCUT2D eigenvalue weighted by molar-refractivity contribution is -0.129. The highest BCUT2D eigenvalue weighted by Gasteiger charge is 2.35. The predicted molar refractivity (Wildman–Crippen MR) is 101 cm³/mol. The molecule has 1 aromatic carbocycles. The van der Waals surface area contributed by atoms with Gasteiger partial charge in [0.2, 0.25) is 5.91 Å². The summed E-state index contributed by atoms with van der Waals surface area (Å²) in [5.74, 6) is 0.704. The topological polar surface area (TPSA) is 75.4 Å². The molecule has 27 heavy (non-hydrogen) atoms. The Balaban J connectivity index is 1.41. The average molecular weight is 367 g/mol. The normalized spacial score (nSPS) is 20.4. The Labute approximate surface area is 158 Å². The number of hydrogen-bond donors (Lipinski definition) is 1. The van der Waals surface area contributed by atoms with Crippen molar-refractivity contribution < 1.29 is 14.1 Å². The fourth-order valence-corrected chi connectivity index (χ4v) is 4.27. The summed E-state index contributed by atoms with van der Waals surface area (Å²) in [5.41, 5.74) is 1.88. The summed E-state index contributed by atoms with van der Waals surface area (Å²) < 4.78 is 5.27. The van der Waals surface area contributed by atoms with Gasteiger partial charge in [0.25, 0.3) is 5.91 Å². The van der Waals surface area contributed by atoms with E-state index in [1.165, 1.54) is 12.8 Å². The highest BCUT2D eigenvalue weighted by atomic mass is 16.5. The molecule has 0 spiro atoms. The van der Waals surface area contributed by atoms with Gasteiger partial charge in [-0.15, -0.1) is 0 Å². The minimum Gasteiger partial charge on any atom is -0.360 e. The molecule has 2 amide bonds. The molecule has 142 valence electrons. The summed E-state index contributed by atoms with van der Waals surface area (Å²) >= 11 is 0. The minimum atomic E-state index is -0.195. The van der Waals surface area contributed by atoms with Gasteiger partial charge >= 0.3 is 0 Å². The average Bonchev–Trinajstić information content (AvgIpc) is 3.40. The molecule has 0 radical (unpaired) electrons. The molecule has 6 nitrogen and oxygen atoms in total. The number of rotatable bonds is 5. The van der Waals surface area contributed by atoms with Gasteiger partial charge in [-0.25, -0.2) is 0 Å². The van der Waals surface area contributed by atoms with Crippen LogP contribution in [0.25, 0.3) is 11.3 Å². The summed E-state index contributed by atoms with van der Waals surface area (Å²) in [4.78, 5) is 27.1. The van der Waals surface area contributed by atoms with Gasteiger partial charge in [-0.05, 0) is 19.8 Å². The van der Waals surface area contributed by atoms with E-state index in [9.17, 15) is 9.59 Å². The molecule has 2 aliphatic rings. The molecule has 1 saturated carbocycles. The number of carbonyl (C=O) groups excluding carboxylic acids is 2. The van der Waals surface area contributed by atoms with Crippen LogP contribution in [0.3, 0.4) is 0 Å². The first kappa shape index (κ1) is 17.8. The maximum absolute atomic E-state index is 12.8. The molecule has 2 fully saturated rings. The van der Waals surface area contributed by atoms with Gasteiger partial charge in [-0.3, -0.25) is 9.59 Å². The maximum Gasteiger partial charge on any atom is 0.257 e. The second-order valence-corrected chi connectivity index (χ2v) is 7.59. The summed E-state index contributed by atoms with van der Waals surface area (Å²) in [6.45, 7) is 2.99. The number of nitrogens with one attached hydrogen (secondary N) is 1. The van der Waals surface area contributed by atoms with E-state index in [1.54, 1.807) is 6.92 Å². The lowest BCUT2D eigenvalue weighted by Crippen LogP contribution is -2.36. The number of aryl methyl sites for hydroxylation is 1. The van der Waals surface area contributed by atoms with Crippen molar-refractivity contribution in [2.24, 2.45) is 5.92 Å². The second-order valence-electron chi connectivity index (χ2n) is 7.59. The quantitative estimate of drug-likeness (QED) is 0.881. The standard InChI is InChI=1S/C21H25N3O3/c1-14-19(20(23-27-14)16-7-3-2-4-8-16)21(26)22-12-15-11-18(25)24(13-15)17-9-5-6-10-17/h2-4,7-8,15,17H,5-6,9-13H2,1H3,(H,22,26)/t15-/m1/s1. The van der Waals surface area contributed by atoms with E-state index >= 15 is 0 Å². The first-order chi connectivity index (χ1) is 13.1. The molecule has 4 rings (SSSR count). The fraction of sp³-hybridized carbons (Fsp3) is 0.476. The Kier molecular flexibility index (Phi) is 4.97. The van der Waals surface area contributed by atoms with Gasteiger partial charge in [0.1, 0.15) is 17.0 Å². The number of hydrogen-bond acceptors (Lipinski definition) is 4. The third kappa shape index (κ3) is 3.61. The van der Waals surface area contributed by atoms with Gasteiger partial charge in [0.05, 0.1) is 0 Å². The SMILES string of the molecule is Cc1onc(-c2ccccc2)c1C(=O)NC[C@H]1CC(=O)N(C2CCCC2)C1. The van der Waals surface area contributed by atoms with Crippen molar-refractivity contribution in [1.82, 2.24) is 15.4 Å². The molecule has 0 unspecified atom stereocenters. The first-order valence-electron chi connectivity index (χ1n) is 9.73. The largest absolute Gasteiger partial charge is 0.360 e. The van der Waals surface area contributed by atoms with E-state index in [2.05, 4.69) is 10.5 Å². The lowest BCUT2D eigenvalue weighted by atomic mass is 10.0. The number of nitrogens with zero attached hydrogens (tertiary/aromatic N) is 2. The van der Waals surface area contributed by atoms with Crippen LogP contribution < -0.4 is 5.32 Å². The fourth-order valence-electron chi connectivity index (χ4n) is 4.27. The Morgan fingerprint density at radius 1 is 1.26 bits per heavy atom. The van der Waals surface area contributed by atoms with Crippen molar-refractivity contribution in [3.05, 3.63) is 41.7 Å². The van der Waals surface area contributed by atoms with E-state index in [0.717, 1.165) is 24.9 Å². The van der Waals surface area contributed by atoms with Crippen molar-refractivity contribution in [3.63, 3.8) is 0 Å². The number of benzene rings is 1. The van der Waals surface area contributed by atoms with Crippen LogP contribution in [0.4, 0.5) is 0 Å². The minimum absolute atomic E-state index is 0.169. The van der Waals surface area contributed by atoms with Crippen LogP contribution in [-0.4, -0.2) is 41.0 Å². The molecule has 6 heteroatoms. The molecule has 2 heterocycles. The summed E-state index contributed by atoms with van der Waals surface area (Å²) in [5, 5.41) is 7.06. The maximum atomic E-state index is 12.8. The molecule has 0 bridgehead atoms. The van der Waals surface area contributed by atoms with Crippen LogP contribution in [0.15, 0.2) is 34.9 Å². The number of likely N-dealkylation sites (tertiary alicyclic amines) is 1. The van der Waals surface area contributed by atoms with E-state index in [-0.39, 0.29) is 17.7 Å². The monoisotopic (exact) mass is 367 g/mol. The number of amides is 2. The Bertz CT molecular complexity index is 824. The molecule has 1 saturated heterocycles. The Morgan fingerprint density at radius 3 is 2.74 bits per heavy atom. The van der Waals surface area contributed by atoms with Gasteiger partial charge in [0.15, 0.2) is 0 Å². The predicted octanol–water partition coefficient (Wildman–Crippen LogP) is 3.17. The summed E-state index contributed by atoms with van der Waals surface area (Å²) in [6.07, 6.45) is 5.18. The van der Waals surface area contributed by atoms with Crippen LogP contribution in [0.5, 0.6) is 0 Å². The van der Waals surface area contributed by atoms with Crippen LogP contribution in [0.1, 0.15) is 48.2 Å². The van der Waals surface area contributed by atoms with Crippen molar-refractivity contribution in [1.29, 1.82) is 0 Å². The molecule has 2 aromatic rings. The molecule has 1 N–H and O–H groups in total. The zero-order valence-corrected chi connectivity index (χ0v) is 15.6. The highest BCUT2D eigenvalue weighted by Crippen LogP contribution is 2.29. The van der Waals surface area contributed by atoms with Crippen LogP contribution in [0, 0.1) is 12.8 Å². The number of aromatic nitrogens is 1. The van der Waals surface area contributed by atoms with Gasteiger partial charge in [-0.2, -0.15) is 0 Å². The summed E-state index contributed by atoms with van der Waals surface area (Å²) in [6, 6.07) is 9.95. The molecule has 1 aliphatic carbocycles. The number of carbonyl (C=O) groups is 2. The third-order valence-corrected chi connectivity index (χ3v) is 5.69. The first-order valence-corrected chi connectivity index (χ1v) is 9.73. The van der Waals surface area contributed by atoms with Crippen molar-refractivity contribution in [3.8, 4) is 11.3 Å². The van der Waals surface area contributed by atoms with Crippen molar-refractivity contribution in [2.75, 3.05) is 13.1 Å². The van der Waals surface area contributed by atoms with Gasteiger partial charge in [-0.1, -0.05) is 48.3 Å². The zero-order valence-electron chi connectivity index (χ0n) is 15.6. The smallest absolute Gasteiger partial charge is 0.257 e.